The molecule has 0 bridgehead atoms. The first-order chi connectivity index (χ1) is 7.69. The molecule has 16 heavy (non-hydrogen) atoms. The minimum Gasteiger partial charge on any atom is -0.399 e. The number of nitrogen functional groups attached to an aromatic ring is 1. The molecule has 1 aromatic rings. The average molecular weight is 242 g/mol. The van der Waals surface area contributed by atoms with Gasteiger partial charge in [-0.25, -0.2) is 4.98 Å². The summed E-state index contributed by atoms with van der Waals surface area (Å²) in [6.45, 7) is 2.74. The van der Waals surface area contributed by atoms with E-state index >= 15 is 0 Å². The second-order valence-electron chi connectivity index (χ2n) is 4.14. The van der Waals surface area contributed by atoms with Gasteiger partial charge in [-0.1, -0.05) is 11.6 Å². The molecule has 88 valence electrons. The van der Waals surface area contributed by atoms with Crippen LogP contribution in [0.15, 0.2) is 12.1 Å². The molecule has 0 aromatic carbocycles. The number of pyridine rings is 1. The highest BCUT2D eigenvalue weighted by Gasteiger charge is 2.23. The first-order valence-electron chi connectivity index (χ1n) is 5.36. The third-order valence-electron chi connectivity index (χ3n) is 2.82. The minimum atomic E-state index is 0.449. The molecule has 2 heterocycles. The molecule has 0 aliphatic carbocycles. The predicted octanol–water partition coefficient (Wildman–Crippen LogP) is 1.79. The Hall–Kier alpha value is -1.00. The lowest BCUT2D eigenvalue weighted by molar-refractivity contribution is 0.161. The molecular formula is C11H16ClN3O. The van der Waals surface area contributed by atoms with Gasteiger partial charge in [0.25, 0.3) is 0 Å². The van der Waals surface area contributed by atoms with E-state index in [-0.39, 0.29) is 0 Å². The van der Waals surface area contributed by atoms with E-state index in [1.807, 2.05) is 6.07 Å². The van der Waals surface area contributed by atoms with Crippen LogP contribution >= 0.6 is 11.6 Å². The van der Waals surface area contributed by atoms with E-state index < -0.39 is 0 Å². The van der Waals surface area contributed by atoms with Crippen LogP contribution in [-0.2, 0) is 4.74 Å². The molecule has 1 saturated heterocycles. The fraction of sp³-hybridized carbons (Fsp3) is 0.545. The molecule has 1 aliphatic heterocycles. The SMILES string of the molecule is COCC1CCN(c2cc(N)cc(Cl)n2)C1. The van der Waals surface area contributed by atoms with E-state index in [1.165, 1.54) is 0 Å². The Morgan fingerprint density at radius 3 is 3.12 bits per heavy atom. The topological polar surface area (TPSA) is 51.4 Å². The standard InChI is InChI=1S/C11H16ClN3O/c1-16-7-8-2-3-15(6-8)11-5-9(13)4-10(12)14-11/h4-5,8H,2-3,6-7H2,1H3,(H2,13,14). The van der Waals surface area contributed by atoms with Gasteiger partial charge in [0, 0.05) is 37.9 Å². The third kappa shape index (κ3) is 2.57. The molecule has 1 aromatic heterocycles. The summed E-state index contributed by atoms with van der Waals surface area (Å²) in [6, 6.07) is 3.52. The first-order valence-corrected chi connectivity index (χ1v) is 5.74. The predicted molar refractivity (Wildman–Crippen MR) is 65.9 cm³/mol. The Bertz CT molecular complexity index is 352. The summed E-state index contributed by atoms with van der Waals surface area (Å²) in [7, 11) is 1.73. The van der Waals surface area contributed by atoms with Crippen LogP contribution in [0.2, 0.25) is 5.15 Å². The van der Waals surface area contributed by atoms with Crippen LogP contribution in [0, 0.1) is 5.92 Å². The number of nitrogens with zero attached hydrogens (tertiary/aromatic N) is 2. The molecule has 0 radical (unpaired) electrons. The fourth-order valence-corrected chi connectivity index (χ4v) is 2.29. The van der Waals surface area contributed by atoms with Crippen molar-refractivity contribution in [3.63, 3.8) is 0 Å². The molecule has 0 saturated carbocycles. The van der Waals surface area contributed by atoms with Crippen molar-refractivity contribution in [2.24, 2.45) is 5.92 Å². The molecule has 1 fully saturated rings. The number of ether oxygens (including phenoxy) is 1. The molecule has 0 spiro atoms. The van der Waals surface area contributed by atoms with Gasteiger partial charge in [-0.2, -0.15) is 0 Å². The van der Waals surface area contributed by atoms with Crippen LogP contribution in [0.25, 0.3) is 0 Å². The van der Waals surface area contributed by atoms with Gasteiger partial charge in [0.2, 0.25) is 0 Å². The van der Waals surface area contributed by atoms with E-state index in [0.29, 0.717) is 16.8 Å². The van der Waals surface area contributed by atoms with Crippen LogP contribution in [0.4, 0.5) is 11.5 Å². The maximum absolute atomic E-state index is 5.88. The zero-order chi connectivity index (χ0) is 11.5. The maximum atomic E-state index is 5.88. The van der Waals surface area contributed by atoms with Gasteiger partial charge in [0.05, 0.1) is 6.61 Å². The van der Waals surface area contributed by atoms with Crippen molar-refractivity contribution in [3.8, 4) is 0 Å². The largest absolute Gasteiger partial charge is 0.399 e. The monoisotopic (exact) mass is 241 g/mol. The van der Waals surface area contributed by atoms with Gasteiger partial charge in [-0.3, -0.25) is 0 Å². The number of nitrogens with two attached hydrogens (primary N) is 1. The summed E-state index contributed by atoms with van der Waals surface area (Å²) in [4.78, 5) is 6.48. The Morgan fingerprint density at radius 2 is 2.44 bits per heavy atom. The first kappa shape index (κ1) is 11.5. The second kappa shape index (κ2) is 4.89. The van der Waals surface area contributed by atoms with Gasteiger partial charge in [-0.05, 0) is 12.5 Å². The normalized spacial score (nSPS) is 20.4. The summed E-state index contributed by atoms with van der Waals surface area (Å²) >= 11 is 5.88. The Kier molecular flexibility index (Phi) is 3.51. The van der Waals surface area contributed by atoms with Crippen molar-refractivity contribution < 1.29 is 4.74 Å². The molecule has 1 atom stereocenters. The summed E-state index contributed by atoms with van der Waals surface area (Å²) in [5, 5.41) is 0.449. The van der Waals surface area contributed by atoms with E-state index in [4.69, 9.17) is 22.1 Å². The van der Waals surface area contributed by atoms with Crippen LogP contribution in [0.1, 0.15) is 6.42 Å². The van der Waals surface area contributed by atoms with Crippen LogP contribution in [0.3, 0.4) is 0 Å². The summed E-state index contributed by atoms with van der Waals surface area (Å²) in [6.07, 6.45) is 1.13. The zero-order valence-electron chi connectivity index (χ0n) is 9.32. The highest BCUT2D eigenvalue weighted by atomic mass is 35.5. The smallest absolute Gasteiger partial charge is 0.133 e. The Balaban J connectivity index is 2.08. The fourth-order valence-electron chi connectivity index (χ4n) is 2.08. The number of methoxy groups -OCH3 is 1. The van der Waals surface area contributed by atoms with Gasteiger partial charge in [-0.15, -0.1) is 0 Å². The summed E-state index contributed by atoms with van der Waals surface area (Å²) in [5.41, 5.74) is 6.40. The number of aromatic nitrogens is 1. The molecule has 2 rings (SSSR count). The lowest BCUT2D eigenvalue weighted by Crippen LogP contribution is -2.22. The van der Waals surface area contributed by atoms with Crippen LogP contribution in [-0.4, -0.2) is 31.8 Å². The molecule has 1 unspecified atom stereocenters. The van der Waals surface area contributed by atoms with Crippen molar-refractivity contribution >= 4 is 23.1 Å². The summed E-state index contributed by atoms with van der Waals surface area (Å²) in [5.74, 6) is 1.44. The lowest BCUT2D eigenvalue weighted by atomic mass is 10.1. The molecular weight excluding hydrogens is 226 g/mol. The quantitative estimate of drug-likeness (QED) is 0.820. The van der Waals surface area contributed by atoms with Crippen molar-refractivity contribution in [2.75, 3.05) is 37.4 Å². The number of anilines is 2. The maximum Gasteiger partial charge on any atom is 0.133 e. The lowest BCUT2D eigenvalue weighted by Gasteiger charge is -2.18. The van der Waals surface area contributed by atoms with E-state index in [2.05, 4.69) is 9.88 Å². The molecule has 5 heteroatoms. The molecule has 4 nitrogen and oxygen atoms in total. The van der Waals surface area contributed by atoms with Crippen LogP contribution < -0.4 is 10.6 Å². The van der Waals surface area contributed by atoms with Gasteiger partial charge >= 0.3 is 0 Å². The van der Waals surface area contributed by atoms with Crippen molar-refractivity contribution in [2.45, 2.75) is 6.42 Å². The average Bonchev–Trinajstić information content (AvgIpc) is 2.65. The molecule has 2 N–H and O–H groups in total. The van der Waals surface area contributed by atoms with E-state index in [1.54, 1.807) is 13.2 Å². The highest BCUT2D eigenvalue weighted by molar-refractivity contribution is 6.29. The van der Waals surface area contributed by atoms with Gasteiger partial charge in [0.1, 0.15) is 11.0 Å². The molecule has 0 amide bonds. The van der Waals surface area contributed by atoms with Crippen molar-refractivity contribution in [1.82, 2.24) is 4.98 Å². The number of hydrogen-bond donors (Lipinski definition) is 1. The Labute approximate surface area is 100 Å². The number of hydrogen-bond acceptors (Lipinski definition) is 4. The van der Waals surface area contributed by atoms with Crippen molar-refractivity contribution in [1.29, 1.82) is 0 Å². The Morgan fingerprint density at radius 1 is 1.62 bits per heavy atom. The zero-order valence-corrected chi connectivity index (χ0v) is 10.1. The van der Waals surface area contributed by atoms with Crippen LogP contribution in [0.5, 0.6) is 0 Å². The van der Waals surface area contributed by atoms with Crippen molar-refractivity contribution in [3.05, 3.63) is 17.3 Å². The third-order valence-corrected chi connectivity index (χ3v) is 3.01. The number of halogens is 1. The summed E-state index contributed by atoms with van der Waals surface area (Å²) < 4.78 is 5.16. The van der Waals surface area contributed by atoms with Gasteiger partial charge < -0.3 is 15.4 Å². The second-order valence-corrected chi connectivity index (χ2v) is 4.52. The van der Waals surface area contributed by atoms with E-state index in [0.717, 1.165) is 31.9 Å². The van der Waals surface area contributed by atoms with E-state index in [9.17, 15) is 0 Å². The number of rotatable bonds is 3. The van der Waals surface area contributed by atoms with Gasteiger partial charge in [0.15, 0.2) is 0 Å². The molecule has 1 aliphatic rings. The highest BCUT2D eigenvalue weighted by Crippen LogP contribution is 2.25. The minimum absolute atomic E-state index is 0.449.